The number of allylic oxidation sites excluding steroid dienone is 1. The van der Waals surface area contributed by atoms with Crippen molar-refractivity contribution in [2.24, 2.45) is 5.92 Å². The molecule has 1 aliphatic carbocycles. The number of nitrogens with one attached hydrogen (secondary N) is 1. The Morgan fingerprint density at radius 3 is 2.83 bits per heavy atom. The summed E-state index contributed by atoms with van der Waals surface area (Å²) < 4.78 is 0. The second-order valence-corrected chi connectivity index (χ2v) is 6.82. The minimum absolute atomic E-state index is 0.102. The van der Waals surface area contributed by atoms with Gasteiger partial charge in [0.2, 0.25) is 0 Å². The highest BCUT2D eigenvalue weighted by molar-refractivity contribution is 5.96. The summed E-state index contributed by atoms with van der Waals surface area (Å²) >= 11 is 0. The summed E-state index contributed by atoms with van der Waals surface area (Å²) in [5.41, 5.74) is 3.55. The van der Waals surface area contributed by atoms with E-state index in [0.29, 0.717) is 5.92 Å². The summed E-state index contributed by atoms with van der Waals surface area (Å²) in [6.07, 6.45) is 9.10. The number of amides is 1. The van der Waals surface area contributed by atoms with Crippen molar-refractivity contribution in [1.29, 1.82) is 0 Å². The minimum Gasteiger partial charge on any atom is -0.351 e. The number of piperidine rings is 1. The highest BCUT2D eigenvalue weighted by Crippen LogP contribution is 2.24. The Morgan fingerprint density at radius 2 is 2.04 bits per heavy atom. The van der Waals surface area contributed by atoms with E-state index in [1.165, 1.54) is 36.8 Å². The van der Waals surface area contributed by atoms with Crippen LogP contribution in [0.2, 0.25) is 0 Å². The number of likely N-dealkylation sites (tertiary alicyclic amines) is 1. The monoisotopic (exact) mass is 312 g/mol. The molecule has 3 heteroatoms. The normalized spacial score (nSPS) is 19.1. The summed E-state index contributed by atoms with van der Waals surface area (Å²) in [6.45, 7) is 7.81. The van der Waals surface area contributed by atoms with Crippen LogP contribution in [0.15, 0.2) is 30.9 Å². The third-order valence-corrected chi connectivity index (χ3v) is 5.32. The van der Waals surface area contributed by atoms with Gasteiger partial charge in [0.1, 0.15) is 0 Å². The Hall–Kier alpha value is -1.61. The average molecular weight is 312 g/mol. The number of nitrogens with zero attached hydrogens (tertiary/aromatic N) is 1. The van der Waals surface area contributed by atoms with Crippen LogP contribution in [0.5, 0.6) is 0 Å². The van der Waals surface area contributed by atoms with Gasteiger partial charge in [-0.3, -0.25) is 4.79 Å². The number of fused-ring (bicyclic) bond motifs is 1. The van der Waals surface area contributed by atoms with Crippen LogP contribution in [-0.2, 0) is 12.8 Å². The molecule has 1 heterocycles. The lowest BCUT2D eigenvalue weighted by atomic mass is 9.88. The van der Waals surface area contributed by atoms with Crippen molar-refractivity contribution >= 4 is 5.91 Å². The highest BCUT2D eigenvalue weighted by atomic mass is 16.1. The van der Waals surface area contributed by atoms with E-state index in [9.17, 15) is 4.79 Å². The fourth-order valence-electron chi connectivity index (χ4n) is 3.83. The first-order valence-electron chi connectivity index (χ1n) is 9.02. The molecule has 3 nitrogen and oxygen atoms in total. The van der Waals surface area contributed by atoms with E-state index >= 15 is 0 Å². The Kier molecular flexibility index (Phi) is 5.50. The molecule has 0 aromatic heterocycles. The minimum atomic E-state index is 0.102. The zero-order chi connectivity index (χ0) is 16.1. The largest absolute Gasteiger partial charge is 0.351 e. The molecule has 1 fully saturated rings. The van der Waals surface area contributed by atoms with E-state index in [1.54, 1.807) is 0 Å². The van der Waals surface area contributed by atoms with Crippen LogP contribution in [-0.4, -0.2) is 37.0 Å². The molecule has 124 valence electrons. The molecule has 2 aliphatic rings. The first-order chi connectivity index (χ1) is 11.3. The van der Waals surface area contributed by atoms with Gasteiger partial charge in [-0.1, -0.05) is 18.2 Å². The molecule has 1 N–H and O–H groups in total. The highest BCUT2D eigenvalue weighted by Gasteiger charge is 2.19. The predicted molar refractivity (Wildman–Crippen MR) is 94.8 cm³/mol. The van der Waals surface area contributed by atoms with E-state index < -0.39 is 0 Å². The van der Waals surface area contributed by atoms with Gasteiger partial charge in [0, 0.05) is 18.7 Å². The molecular formula is C20H28N2O. The summed E-state index contributed by atoms with van der Waals surface area (Å²) in [7, 11) is 0. The molecule has 1 aromatic rings. The summed E-state index contributed by atoms with van der Waals surface area (Å²) in [5.74, 6) is 0.779. The third kappa shape index (κ3) is 4.03. The standard InChI is InChI=1S/C20H28N2O/c1-2-16-10-13-22(14-11-16)15-12-21-20(23)19-9-5-7-17-6-3-4-8-18(17)19/h2,5,7,9,16H,1,3-4,6,8,10-15H2,(H,21,23). The van der Waals surface area contributed by atoms with Gasteiger partial charge in [-0.2, -0.15) is 0 Å². The molecule has 0 spiro atoms. The summed E-state index contributed by atoms with van der Waals surface area (Å²) in [5, 5.41) is 3.12. The van der Waals surface area contributed by atoms with E-state index in [0.717, 1.165) is 44.6 Å². The van der Waals surface area contributed by atoms with Crippen LogP contribution < -0.4 is 5.32 Å². The number of aryl methyl sites for hydroxylation is 1. The summed E-state index contributed by atoms with van der Waals surface area (Å²) in [4.78, 5) is 15.0. The zero-order valence-electron chi connectivity index (χ0n) is 14.0. The quantitative estimate of drug-likeness (QED) is 0.847. The van der Waals surface area contributed by atoms with Gasteiger partial charge in [-0.25, -0.2) is 0 Å². The fraction of sp³-hybridized carbons (Fsp3) is 0.550. The van der Waals surface area contributed by atoms with Crippen LogP contribution in [0.3, 0.4) is 0 Å². The molecule has 0 radical (unpaired) electrons. The molecule has 1 amide bonds. The van der Waals surface area contributed by atoms with Crippen molar-refractivity contribution < 1.29 is 4.79 Å². The second-order valence-electron chi connectivity index (χ2n) is 6.82. The van der Waals surface area contributed by atoms with Gasteiger partial charge >= 0.3 is 0 Å². The number of carbonyl (C=O) groups is 1. The predicted octanol–water partition coefficient (Wildman–Crippen LogP) is 3.19. The van der Waals surface area contributed by atoms with Gasteiger partial charge in [-0.05, 0) is 74.7 Å². The first-order valence-corrected chi connectivity index (χ1v) is 9.02. The molecule has 1 aromatic carbocycles. The first kappa shape index (κ1) is 16.3. The lowest BCUT2D eigenvalue weighted by molar-refractivity contribution is 0.0944. The molecule has 0 saturated carbocycles. The Balaban J connectivity index is 1.49. The molecule has 0 atom stereocenters. The molecule has 23 heavy (non-hydrogen) atoms. The fourth-order valence-corrected chi connectivity index (χ4v) is 3.83. The van der Waals surface area contributed by atoms with Gasteiger partial charge < -0.3 is 10.2 Å². The van der Waals surface area contributed by atoms with Crippen molar-refractivity contribution in [1.82, 2.24) is 10.2 Å². The molecule has 3 rings (SSSR count). The molecule has 1 aliphatic heterocycles. The van der Waals surface area contributed by atoms with E-state index in [2.05, 4.69) is 28.9 Å². The van der Waals surface area contributed by atoms with Gasteiger partial charge in [0.05, 0.1) is 0 Å². The van der Waals surface area contributed by atoms with Crippen LogP contribution in [0.4, 0.5) is 0 Å². The maximum absolute atomic E-state index is 12.5. The van der Waals surface area contributed by atoms with Crippen molar-refractivity contribution in [2.45, 2.75) is 38.5 Å². The Bertz CT molecular complexity index is 559. The van der Waals surface area contributed by atoms with Crippen molar-refractivity contribution in [3.8, 4) is 0 Å². The average Bonchev–Trinajstić information content (AvgIpc) is 2.61. The molecule has 0 unspecified atom stereocenters. The van der Waals surface area contributed by atoms with E-state index in [1.807, 2.05) is 12.1 Å². The van der Waals surface area contributed by atoms with Crippen molar-refractivity contribution in [2.75, 3.05) is 26.2 Å². The van der Waals surface area contributed by atoms with Gasteiger partial charge in [0.15, 0.2) is 0 Å². The van der Waals surface area contributed by atoms with Gasteiger partial charge in [-0.15, -0.1) is 6.58 Å². The van der Waals surface area contributed by atoms with Crippen molar-refractivity contribution in [3.05, 3.63) is 47.5 Å². The topological polar surface area (TPSA) is 32.3 Å². The van der Waals surface area contributed by atoms with Gasteiger partial charge in [0.25, 0.3) is 5.91 Å². The maximum atomic E-state index is 12.5. The van der Waals surface area contributed by atoms with Crippen LogP contribution in [0, 0.1) is 5.92 Å². The van der Waals surface area contributed by atoms with Crippen LogP contribution in [0.1, 0.15) is 47.2 Å². The van der Waals surface area contributed by atoms with Crippen LogP contribution in [0.25, 0.3) is 0 Å². The Morgan fingerprint density at radius 1 is 1.26 bits per heavy atom. The molecule has 1 saturated heterocycles. The number of hydrogen-bond acceptors (Lipinski definition) is 2. The second kappa shape index (κ2) is 7.78. The lowest BCUT2D eigenvalue weighted by Gasteiger charge is -2.30. The maximum Gasteiger partial charge on any atom is 0.251 e. The summed E-state index contributed by atoms with van der Waals surface area (Å²) in [6, 6.07) is 6.18. The third-order valence-electron chi connectivity index (χ3n) is 5.32. The number of carbonyl (C=O) groups excluding carboxylic acids is 1. The SMILES string of the molecule is C=CC1CCN(CCNC(=O)c2cccc3c2CCCC3)CC1. The lowest BCUT2D eigenvalue weighted by Crippen LogP contribution is -2.39. The smallest absolute Gasteiger partial charge is 0.251 e. The molecular weight excluding hydrogens is 284 g/mol. The van der Waals surface area contributed by atoms with Crippen LogP contribution >= 0.6 is 0 Å². The number of benzene rings is 1. The zero-order valence-corrected chi connectivity index (χ0v) is 14.0. The van der Waals surface area contributed by atoms with E-state index in [4.69, 9.17) is 0 Å². The van der Waals surface area contributed by atoms with E-state index in [-0.39, 0.29) is 5.91 Å². The Labute approximate surface area is 139 Å². The van der Waals surface area contributed by atoms with Crippen molar-refractivity contribution in [3.63, 3.8) is 0 Å². The molecule has 0 bridgehead atoms. The number of hydrogen-bond donors (Lipinski definition) is 1. The number of rotatable bonds is 5.